The summed E-state index contributed by atoms with van der Waals surface area (Å²) >= 11 is 5.94. The van der Waals surface area contributed by atoms with E-state index in [2.05, 4.69) is 0 Å². The second kappa shape index (κ2) is 8.41. The fourth-order valence-corrected chi connectivity index (χ4v) is 2.95. The van der Waals surface area contributed by atoms with Crippen molar-refractivity contribution in [1.82, 2.24) is 0 Å². The van der Waals surface area contributed by atoms with Crippen LogP contribution in [0.5, 0.6) is 11.5 Å². The molecule has 3 aromatic carbocycles. The second-order valence-corrected chi connectivity index (χ2v) is 7.39. The summed E-state index contributed by atoms with van der Waals surface area (Å²) in [5, 5.41) is 0.647. The molecule has 0 spiro atoms. The highest BCUT2D eigenvalue weighted by molar-refractivity contribution is 6.30. The Bertz CT molecular complexity index is 915. The number of benzene rings is 3. The van der Waals surface area contributed by atoms with Crippen LogP contribution < -0.4 is 4.74 Å². The number of ether oxygens (including phenoxy) is 1. The van der Waals surface area contributed by atoms with Crippen molar-refractivity contribution < 1.29 is 9.13 Å². The summed E-state index contributed by atoms with van der Waals surface area (Å²) in [5.74, 6) is 1.35. The molecular weight excluding hydrogens is 359 g/mol. The fraction of sp³-hybridized carbons (Fsp3) is 0.167. The highest BCUT2D eigenvalue weighted by Gasteiger charge is 2.25. The Kier molecular flexibility index (Phi) is 5.98. The predicted molar refractivity (Wildman–Crippen MR) is 110 cm³/mol. The molecule has 1 nitrogen and oxygen atoms in total. The van der Waals surface area contributed by atoms with Crippen LogP contribution in [0.25, 0.3) is 0 Å². The maximum Gasteiger partial charge on any atom is 0.127 e. The molecule has 27 heavy (non-hydrogen) atoms. The standard InChI is InChI=1S/C24H22ClFO/c1-24(2,19-12-14-20(25)15-13-19)23(26)16-11-18-7-6-10-22(17-18)27-21-8-4-3-5-9-21/h3-10,12-17H,11H2,1-2H3/b23-16-. The molecule has 0 aromatic heterocycles. The molecular formula is C24H22ClFO. The Morgan fingerprint density at radius 3 is 2.30 bits per heavy atom. The lowest BCUT2D eigenvalue weighted by Gasteiger charge is -2.23. The fourth-order valence-electron chi connectivity index (χ4n) is 2.83. The first-order chi connectivity index (χ1) is 12.9. The minimum absolute atomic E-state index is 0.167. The Morgan fingerprint density at radius 1 is 0.926 bits per heavy atom. The summed E-state index contributed by atoms with van der Waals surface area (Å²) in [4.78, 5) is 0. The quantitative estimate of drug-likeness (QED) is 0.430. The molecule has 0 heterocycles. The van der Waals surface area contributed by atoms with E-state index >= 15 is 0 Å². The summed E-state index contributed by atoms with van der Waals surface area (Å²) in [7, 11) is 0. The highest BCUT2D eigenvalue weighted by Crippen LogP contribution is 2.33. The second-order valence-electron chi connectivity index (χ2n) is 6.95. The molecule has 0 unspecified atom stereocenters. The number of hydrogen-bond acceptors (Lipinski definition) is 1. The summed E-state index contributed by atoms with van der Waals surface area (Å²) in [6, 6.07) is 24.6. The van der Waals surface area contributed by atoms with Gasteiger partial charge < -0.3 is 4.74 Å². The van der Waals surface area contributed by atoms with Gasteiger partial charge in [0.25, 0.3) is 0 Å². The van der Waals surface area contributed by atoms with Crippen molar-refractivity contribution in [3.05, 3.63) is 107 Å². The SMILES string of the molecule is CC(C)(/C(F)=C/Cc1cccc(Oc2ccccc2)c1)c1ccc(Cl)cc1. The van der Waals surface area contributed by atoms with Crippen molar-refractivity contribution in [2.75, 3.05) is 0 Å². The van der Waals surface area contributed by atoms with E-state index in [1.807, 2.05) is 80.6 Å². The maximum absolute atomic E-state index is 14.9. The first kappa shape index (κ1) is 19.2. The molecule has 0 amide bonds. The van der Waals surface area contributed by atoms with Crippen LogP contribution in [0.3, 0.4) is 0 Å². The summed E-state index contributed by atoms with van der Waals surface area (Å²) in [6.07, 6.45) is 2.13. The third-order valence-corrected chi connectivity index (χ3v) is 4.81. The Balaban J connectivity index is 1.73. The zero-order valence-electron chi connectivity index (χ0n) is 15.5. The Labute approximate surface area is 165 Å². The van der Waals surface area contributed by atoms with Crippen molar-refractivity contribution >= 4 is 11.6 Å². The average molecular weight is 381 g/mol. The number of halogens is 2. The van der Waals surface area contributed by atoms with Gasteiger partial charge in [0, 0.05) is 10.4 Å². The molecule has 3 heteroatoms. The van der Waals surface area contributed by atoms with Crippen molar-refractivity contribution in [2.24, 2.45) is 0 Å². The molecule has 138 valence electrons. The van der Waals surface area contributed by atoms with Gasteiger partial charge in [-0.15, -0.1) is 0 Å². The highest BCUT2D eigenvalue weighted by atomic mass is 35.5. The number of rotatable bonds is 6. The minimum Gasteiger partial charge on any atom is -0.457 e. The normalized spacial score (nSPS) is 12.1. The lowest BCUT2D eigenvalue weighted by atomic mass is 9.83. The van der Waals surface area contributed by atoms with Gasteiger partial charge in [-0.05, 0) is 73.9 Å². The van der Waals surface area contributed by atoms with Gasteiger partial charge in [-0.25, -0.2) is 4.39 Å². The van der Waals surface area contributed by atoms with Gasteiger partial charge in [0.05, 0.1) is 0 Å². The van der Waals surface area contributed by atoms with Crippen LogP contribution in [0.15, 0.2) is 90.8 Å². The van der Waals surface area contributed by atoms with Crippen molar-refractivity contribution in [3.8, 4) is 11.5 Å². The molecule has 0 aliphatic heterocycles. The Hall–Kier alpha value is -2.58. The maximum atomic E-state index is 14.9. The van der Waals surface area contributed by atoms with Gasteiger partial charge in [-0.3, -0.25) is 0 Å². The van der Waals surface area contributed by atoms with Crippen molar-refractivity contribution in [2.45, 2.75) is 25.7 Å². The van der Waals surface area contributed by atoms with E-state index in [-0.39, 0.29) is 5.83 Å². The molecule has 0 bridgehead atoms. The zero-order chi connectivity index (χ0) is 19.3. The molecule has 0 aliphatic carbocycles. The average Bonchev–Trinajstić information content (AvgIpc) is 2.67. The third-order valence-electron chi connectivity index (χ3n) is 4.56. The number of para-hydroxylation sites is 1. The van der Waals surface area contributed by atoms with Crippen LogP contribution in [0.4, 0.5) is 4.39 Å². The third kappa shape index (κ3) is 4.99. The molecule has 0 atom stereocenters. The molecule has 3 rings (SSSR count). The smallest absolute Gasteiger partial charge is 0.127 e. The molecule has 0 saturated carbocycles. The van der Waals surface area contributed by atoms with E-state index in [0.717, 1.165) is 22.6 Å². The molecule has 0 aliphatic rings. The molecule has 0 saturated heterocycles. The molecule has 0 fully saturated rings. The lowest BCUT2D eigenvalue weighted by Crippen LogP contribution is -2.18. The van der Waals surface area contributed by atoms with E-state index in [1.165, 1.54) is 0 Å². The summed E-state index contributed by atoms with van der Waals surface area (Å²) in [5.41, 5.74) is 1.18. The van der Waals surface area contributed by atoms with Crippen LogP contribution in [-0.4, -0.2) is 0 Å². The molecule has 3 aromatic rings. The van der Waals surface area contributed by atoms with Gasteiger partial charge in [0.15, 0.2) is 0 Å². The minimum atomic E-state index is -0.706. The van der Waals surface area contributed by atoms with Crippen LogP contribution >= 0.6 is 11.6 Å². The van der Waals surface area contributed by atoms with E-state index in [4.69, 9.17) is 16.3 Å². The first-order valence-electron chi connectivity index (χ1n) is 8.89. The van der Waals surface area contributed by atoms with Crippen molar-refractivity contribution in [1.29, 1.82) is 0 Å². The van der Waals surface area contributed by atoms with Gasteiger partial charge in [0.1, 0.15) is 17.3 Å². The van der Waals surface area contributed by atoms with Crippen LogP contribution in [-0.2, 0) is 11.8 Å². The van der Waals surface area contributed by atoms with Gasteiger partial charge in [-0.1, -0.05) is 54.1 Å². The van der Waals surface area contributed by atoms with E-state index in [9.17, 15) is 4.39 Å². The van der Waals surface area contributed by atoms with Gasteiger partial charge in [0.2, 0.25) is 0 Å². The molecule has 0 radical (unpaired) electrons. The largest absolute Gasteiger partial charge is 0.457 e. The monoisotopic (exact) mass is 380 g/mol. The lowest BCUT2D eigenvalue weighted by molar-refractivity contribution is 0.454. The van der Waals surface area contributed by atoms with E-state index < -0.39 is 5.41 Å². The van der Waals surface area contributed by atoms with E-state index in [1.54, 1.807) is 18.2 Å². The van der Waals surface area contributed by atoms with Gasteiger partial charge in [-0.2, -0.15) is 0 Å². The number of hydrogen-bond donors (Lipinski definition) is 0. The predicted octanol–water partition coefficient (Wildman–Crippen LogP) is 7.51. The number of allylic oxidation sites excluding steroid dienone is 2. The Morgan fingerprint density at radius 2 is 1.59 bits per heavy atom. The van der Waals surface area contributed by atoms with Gasteiger partial charge >= 0.3 is 0 Å². The van der Waals surface area contributed by atoms with Crippen LogP contribution in [0.1, 0.15) is 25.0 Å². The van der Waals surface area contributed by atoms with Crippen LogP contribution in [0, 0.1) is 0 Å². The van der Waals surface area contributed by atoms with Crippen molar-refractivity contribution in [3.63, 3.8) is 0 Å². The van der Waals surface area contributed by atoms with E-state index in [0.29, 0.717) is 11.4 Å². The van der Waals surface area contributed by atoms with Crippen LogP contribution in [0.2, 0.25) is 5.02 Å². The zero-order valence-corrected chi connectivity index (χ0v) is 16.2. The summed E-state index contributed by atoms with van der Waals surface area (Å²) in [6.45, 7) is 3.74. The first-order valence-corrected chi connectivity index (χ1v) is 9.27. The summed E-state index contributed by atoms with van der Waals surface area (Å²) < 4.78 is 20.7. The molecule has 0 N–H and O–H groups in total. The topological polar surface area (TPSA) is 9.23 Å².